The SMILES string of the molecule is CCNc1cc(C(=O)Nc2cc(Cl)ccc2Cl)ccn1. The fourth-order valence-corrected chi connectivity index (χ4v) is 1.97. The van der Waals surface area contributed by atoms with Crippen LogP contribution >= 0.6 is 23.2 Å². The van der Waals surface area contributed by atoms with Crippen molar-refractivity contribution in [3.8, 4) is 0 Å². The van der Waals surface area contributed by atoms with Crippen LogP contribution in [0, 0.1) is 0 Å². The van der Waals surface area contributed by atoms with Crippen LogP contribution in [0.2, 0.25) is 10.0 Å². The predicted molar refractivity (Wildman–Crippen MR) is 82.8 cm³/mol. The maximum atomic E-state index is 12.2. The highest BCUT2D eigenvalue weighted by molar-refractivity contribution is 6.35. The quantitative estimate of drug-likeness (QED) is 0.895. The lowest BCUT2D eigenvalue weighted by Gasteiger charge is -2.09. The lowest BCUT2D eigenvalue weighted by molar-refractivity contribution is 0.102. The Balaban J connectivity index is 2.19. The van der Waals surface area contributed by atoms with Gasteiger partial charge in [-0.15, -0.1) is 0 Å². The maximum Gasteiger partial charge on any atom is 0.255 e. The molecule has 2 N–H and O–H groups in total. The Kier molecular flexibility index (Phi) is 4.82. The van der Waals surface area contributed by atoms with E-state index in [4.69, 9.17) is 23.2 Å². The van der Waals surface area contributed by atoms with E-state index < -0.39 is 0 Å². The van der Waals surface area contributed by atoms with E-state index in [-0.39, 0.29) is 5.91 Å². The first-order valence-corrected chi connectivity index (χ1v) is 6.82. The Morgan fingerprint density at radius 2 is 2.05 bits per heavy atom. The van der Waals surface area contributed by atoms with Gasteiger partial charge in [0.2, 0.25) is 0 Å². The normalized spacial score (nSPS) is 10.2. The molecule has 0 saturated heterocycles. The fourth-order valence-electron chi connectivity index (χ4n) is 1.64. The van der Waals surface area contributed by atoms with Crippen LogP contribution in [-0.2, 0) is 0 Å². The average molecular weight is 310 g/mol. The van der Waals surface area contributed by atoms with E-state index in [9.17, 15) is 4.79 Å². The minimum absolute atomic E-state index is 0.268. The molecule has 20 heavy (non-hydrogen) atoms. The summed E-state index contributed by atoms with van der Waals surface area (Å²) in [7, 11) is 0. The van der Waals surface area contributed by atoms with Gasteiger partial charge in [0.1, 0.15) is 5.82 Å². The number of carbonyl (C=O) groups excluding carboxylic acids is 1. The van der Waals surface area contributed by atoms with E-state index in [1.807, 2.05) is 6.92 Å². The van der Waals surface area contributed by atoms with Crippen molar-refractivity contribution in [1.29, 1.82) is 0 Å². The minimum Gasteiger partial charge on any atom is -0.370 e. The molecule has 1 aromatic heterocycles. The maximum absolute atomic E-state index is 12.2. The van der Waals surface area contributed by atoms with Crippen molar-refractivity contribution in [2.75, 3.05) is 17.2 Å². The molecule has 0 aliphatic rings. The number of benzene rings is 1. The summed E-state index contributed by atoms with van der Waals surface area (Å²) < 4.78 is 0. The van der Waals surface area contributed by atoms with Gasteiger partial charge in [-0.1, -0.05) is 23.2 Å². The first-order chi connectivity index (χ1) is 9.60. The smallest absolute Gasteiger partial charge is 0.255 e. The standard InChI is InChI=1S/C14H13Cl2N3O/c1-2-17-13-7-9(5-6-18-13)14(20)19-12-8-10(15)3-4-11(12)16/h3-8H,2H2,1H3,(H,17,18)(H,19,20). The zero-order valence-electron chi connectivity index (χ0n) is 10.8. The Morgan fingerprint density at radius 1 is 1.25 bits per heavy atom. The summed E-state index contributed by atoms with van der Waals surface area (Å²) in [6, 6.07) is 8.21. The number of nitrogens with zero attached hydrogens (tertiary/aromatic N) is 1. The first kappa shape index (κ1) is 14.6. The molecule has 0 bridgehead atoms. The summed E-state index contributed by atoms with van der Waals surface area (Å²) in [5.41, 5.74) is 0.970. The molecular weight excluding hydrogens is 297 g/mol. The van der Waals surface area contributed by atoms with Crippen LogP contribution < -0.4 is 10.6 Å². The van der Waals surface area contributed by atoms with Gasteiger partial charge < -0.3 is 10.6 Å². The summed E-state index contributed by atoms with van der Waals surface area (Å²) >= 11 is 11.9. The molecule has 2 aromatic rings. The number of halogens is 2. The molecule has 2 rings (SSSR count). The predicted octanol–water partition coefficient (Wildman–Crippen LogP) is 4.07. The van der Waals surface area contributed by atoms with Crippen LogP contribution in [0.15, 0.2) is 36.5 Å². The molecule has 0 spiro atoms. The van der Waals surface area contributed by atoms with Gasteiger partial charge >= 0.3 is 0 Å². The molecule has 0 unspecified atom stereocenters. The Morgan fingerprint density at radius 3 is 2.80 bits per heavy atom. The summed E-state index contributed by atoms with van der Waals surface area (Å²) in [5, 5.41) is 6.72. The van der Waals surface area contributed by atoms with E-state index in [0.29, 0.717) is 27.1 Å². The van der Waals surface area contributed by atoms with Crippen molar-refractivity contribution in [2.45, 2.75) is 6.92 Å². The van der Waals surface area contributed by atoms with E-state index in [1.165, 1.54) is 0 Å². The highest BCUT2D eigenvalue weighted by Gasteiger charge is 2.10. The van der Waals surface area contributed by atoms with Gasteiger partial charge in [-0.05, 0) is 37.3 Å². The van der Waals surface area contributed by atoms with Crippen molar-refractivity contribution in [3.63, 3.8) is 0 Å². The van der Waals surface area contributed by atoms with E-state index in [2.05, 4.69) is 15.6 Å². The molecule has 0 aliphatic heterocycles. The molecule has 104 valence electrons. The number of rotatable bonds is 4. The zero-order chi connectivity index (χ0) is 14.5. The van der Waals surface area contributed by atoms with Gasteiger partial charge in [-0.25, -0.2) is 4.98 Å². The Hall–Kier alpha value is -1.78. The largest absolute Gasteiger partial charge is 0.370 e. The highest BCUT2D eigenvalue weighted by Crippen LogP contribution is 2.26. The number of hydrogen-bond acceptors (Lipinski definition) is 3. The third-order valence-electron chi connectivity index (χ3n) is 2.56. The van der Waals surface area contributed by atoms with Gasteiger partial charge in [0.25, 0.3) is 5.91 Å². The number of carbonyl (C=O) groups is 1. The highest BCUT2D eigenvalue weighted by atomic mass is 35.5. The molecule has 6 heteroatoms. The summed E-state index contributed by atoms with van der Waals surface area (Å²) in [6.07, 6.45) is 1.58. The van der Waals surface area contributed by atoms with Crippen LogP contribution in [0.3, 0.4) is 0 Å². The number of pyridine rings is 1. The van der Waals surface area contributed by atoms with Crippen LogP contribution in [0.4, 0.5) is 11.5 Å². The fraction of sp³-hybridized carbons (Fsp3) is 0.143. The molecule has 0 saturated carbocycles. The number of aromatic nitrogens is 1. The minimum atomic E-state index is -0.268. The van der Waals surface area contributed by atoms with Gasteiger partial charge in [0, 0.05) is 23.3 Å². The lowest BCUT2D eigenvalue weighted by atomic mass is 10.2. The Bertz CT molecular complexity index is 632. The summed E-state index contributed by atoms with van der Waals surface area (Å²) in [4.78, 5) is 16.3. The van der Waals surface area contributed by atoms with Crippen LogP contribution in [0.1, 0.15) is 17.3 Å². The lowest BCUT2D eigenvalue weighted by Crippen LogP contribution is -2.13. The van der Waals surface area contributed by atoms with Gasteiger partial charge in [0.15, 0.2) is 0 Å². The topological polar surface area (TPSA) is 54.0 Å². The zero-order valence-corrected chi connectivity index (χ0v) is 12.3. The molecule has 0 aliphatic carbocycles. The van der Waals surface area contributed by atoms with Crippen molar-refractivity contribution < 1.29 is 4.79 Å². The molecule has 0 atom stereocenters. The van der Waals surface area contributed by atoms with E-state index in [1.54, 1.807) is 36.5 Å². The molecule has 0 radical (unpaired) electrons. The Labute approximate surface area is 127 Å². The molecular formula is C14H13Cl2N3O. The second kappa shape index (κ2) is 6.59. The molecule has 1 aromatic carbocycles. The van der Waals surface area contributed by atoms with Gasteiger partial charge in [0.05, 0.1) is 10.7 Å². The van der Waals surface area contributed by atoms with Crippen molar-refractivity contribution >= 4 is 40.6 Å². The van der Waals surface area contributed by atoms with Crippen LogP contribution in [0.25, 0.3) is 0 Å². The van der Waals surface area contributed by atoms with Crippen LogP contribution in [-0.4, -0.2) is 17.4 Å². The third-order valence-corrected chi connectivity index (χ3v) is 3.12. The number of amides is 1. The first-order valence-electron chi connectivity index (χ1n) is 6.06. The second-order valence-electron chi connectivity index (χ2n) is 4.04. The van der Waals surface area contributed by atoms with Gasteiger partial charge in [-0.2, -0.15) is 0 Å². The third kappa shape index (κ3) is 3.62. The summed E-state index contributed by atoms with van der Waals surface area (Å²) in [6.45, 7) is 2.69. The average Bonchev–Trinajstić information content (AvgIpc) is 2.43. The summed E-state index contributed by atoms with van der Waals surface area (Å²) in [5.74, 6) is 0.382. The molecule has 1 heterocycles. The van der Waals surface area contributed by atoms with Crippen molar-refractivity contribution in [2.24, 2.45) is 0 Å². The molecule has 4 nitrogen and oxygen atoms in total. The molecule has 1 amide bonds. The van der Waals surface area contributed by atoms with E-state index in [0.717, 1.165) is 6.54 Å². The monoisotopic (exact) mass is 309 g/mol. The second-order valence-corrected chi connectivity index (χ2v) is 4.88. The van der Waals surface area contributed by atoms with Gasteiger partial charge in [-0.3, -0.25) is 4.79 Å². The number of nitrogens with one attached hydrogen (secondary N) is 2. The molecule has 0 fully saturated rings. The number of anilines is 2. The van der Waals surface area contributed by atoms with Crippen molar-refractivity contribution in [1.82, 2.24) is 4.98 Å². The number of hydrogen-bond donors (Lipinski definition) is 2. The van der Waals surface area contributed by atoms with E-state index >= 15 is 0 Å². The van der Waals surface area contributed by atoms with Crippen molar-refractivity contribution in [3.05, 3.63) is 52.1 Å². The van der Waals surface area contributed by atoms with Crippen LogP contribution in [0.5, 0.6) is 0 Å².